The zero-order chi connectivity index (χ0) is 12.4. The number of hydrogen-bond donors (Lipinski definition) is 2. The van der Waals surface area contributed by atoms with Gasteiger partial charge in [0.1, 0.15) is 5.75 Å². The average Bonchev–Trinajstić information content (AvgIpc) is 2.27. The molecule has 3 N–H and O–H groups in total. The highest BCUT2D eigenvalue weighted by atomic mass is 16.3. The Balaban J connectivity index is 2.38. The molecule has 1 aromatic carbocycles. The van der Waals surface area contributed by atoms with Crippen LogP contribution >= 0.6 is 0 Å². The third-order valence-corrected chi connectivity index (χ3v) is 2.29. The van der Waals surface area contributed by atoms with Crippen LogP contribution in [0.25, 0.3) is 0 Å². The second-order valence-electron chi connectivity index (χ2n) is 3.64. The number of amidine groups is 2. The molecule has 0 fully saturated rings. The first-order chi connectivity index (χ1) is 8.06. The van der Waals surface area contributed by atoms with Crippen molar-refractivity contribution in [3.05, 3.63) is 35.9 Å². The van der Waals surface area contributed by atoms with Gasteiger partial charge >= 0.3 is 0 Å². The Morgan fingerprint density at radius 1 is 1.35 bits per heavy atom. The number of aliphatic imine (C=N–C) groups is 2. The first-order valence-electron chi connectivity index (χ1n) is 5.01. The average molecular weight is 229 g/mol. The summed E-state index contributed by atoms with van der Waals surface area (Å²) in [4.78, 5) is 19.2. The Morgan fingerprint density at radius 2 is 2.12 bits per heavy atom. The van der Waals surface area contributed by atoms with Gasteiger partial charge in [-0.3, -0.25) is 4.79 Å². The van der Waals surface area contributed by atoms with Crippen molar-refractivity contribution < 1.29 is 9.90 Å². The van der Waals surface area contributed by atoms with Gasteiger partial charge < -0.3 is 10.8 Å². The van der Waals surface area contributed by atoms with E-state index in [1.165, 1.54) is 18.2 Å². The number of ketones is 1. The highest BCUT2D eigenvalue weighted by Gasteiger charge is 2.10. The van der Waals surface area contributed by atoms with E-state index < -0.39 is 0 Å². The van der Waals surface area contributed by atoms with E-state index in [2.05, 4.69) is 9.98 Å². The Hall–Kier alpha value is -2.43. The highest BCUT2D eigenvalue weighted by Crippen LogP contribution is 2.23. The molecule has 0 spiro atoms. The van der Waals surface area contributed by atoms with E-state index in [4.69, 9.17) is 5.73 Å². The lowest BCUT2D eigenvalue weighted by Gasteiger charge is -2.04. The molecule has 0 amide bonds. The Bertz CT molecular complexity index is 571. The molecule has 17 heavy (non-hydrogen) atoms. The molecule has 1 aliphatic rings. The summed E-state index contributed by atoms with van der Waals surface area (Å²) in [6, 6.07) is 4.81. The molecular formula is C12H11N3O2. The molecule has 0 saturated carbocycles. The second-order valence-corrected chi connectivity index (χ2v) is 3.64. The minimum absolute atomic E-state index is 0.0670. The van der Waals surface area contributed by atoms with Crippen molar-refractivity contribution in [2.24, 2.45) is 15.7 Å². The van der Waals surface area contributed by atoms with Gasteiger partial charge in [0.05, 0.1) is 5.69 Å². The van der Waals surface area contributed by atoms with Crippen LogP contribution in [0.4, 0.5) is 5.69 Å². The predicted molar refractivity (Wildman–Crippen MR) is 65.7 cm³/mol. The predicted octanol–water partition coefficient (Wildman–Crippen LogP) is 1.23. The molecule has 2 rings (SSSR count). The minimum Gasteiger partial charge on any atom is -0.508 e. The number of hydrogen-bond acceptors (Lipinski definition) is 4. The lowest BCUT2D eigenvalue weighted by Crippen LogP contribution is -2.25. The van der Waals surface area contributed by atoms with Crippen molar-refractivity contribution in [2.45, 2.75) is 6.92 Å². The van der Waals surface area contributed by atoms with Gasteiger partial charge in [0.25, 0.3) is 0 Å². The van der Waals surface area contributed by atoms with Crippen molar-refractivity contribution in [2.75, 3.05) is 0 Å². The molecule has 0 radical (unpaired) electrons. The Kier molecular flexibility index (Phi) is 2.74. The number of carbonyl (C=O) groups is 1. The number of phenols is 1. The number of rotatable bonds is 1. The minimum atomic E-state index is -0.314. The molecular weight excluding hydrogens is 218 g/mol. The van der Waals surface area contributed by atoms with Gasteiger partial charge in [0.15, 0.2) is 11.7 Å². The molecule has 0 aromatic heterocycles. The Morgan fingerprint density at radius 3 is 2.76 bits per heavy atom. The van der Waals surface area contributed by atoms with Crippen LogP contribution in [-0.4, -0.2) is 22.6 Å². The molecule has 1 heterocycles. The van der Waals surface area contributed by atoms with Crippen molar-refractivity contribution in [3.63, 3.8) is 0 Å². The maximum atomic E-state index is 11.1. The smallest absolute Gasteiger partial charge is 0.220 e. The van der Waals surface area contributed by atoms with Crippen molar-refractivity contribution in [1.82, 2.24) is 0 Å². The number of dihydropyridines is 1. The van der Waals surface area contributed by atoms with E-state index in [1.807, 2.05) is 6.92 Å². The summed E-state index contributed by atoms with van der Waals surface area (Å²) in [6.07, 6.45) is 2.84. The molecule has 5 nitrogen and oxygen atoms in total. The maximum Gasteiger partial charge on any atom is 0.220 e. The number of aromatic hydroxyl groups is 1. The molecule has 5 heteroatoms. The molecule has 0 atom stereocenters. The summed E-state index contributed by atoms with van der Waals surface area (Å²) in [5.74, 6) is 0.175. The van der Waals surface area contributed by atoms with Crippen LogP contribution in [-0.2, 0) is 4.79 Å². The molecule has 0 bridgehead atoms. The van der Waals surface area contributed by atoms with E-state index >= 15 is 0 Å². The highest BCUT2D eigenvalue weighted by molar-refractivity contribution is 6.46. The van der Waals surface area contributed by atoms with Crippen LogP contribution in [0.15, 0.2) is 40.3 Å². The lowest BCUT2D eigenvalue weighted by atomic mass is 10.2. The molecule has 1 aromatic rings. The van der Waals surface area contributed by atoms with E-state index in [1.54, 1.807) is 12.1 Å². The number of nitrogens with two attached hydrogens (primary N) is 1. The van der Waals surface area contributed by atoms with Gasteiger partial charge in [-0.05, 0) is 42.8 Å². The van der Waals surface area contributed by atoms with Crippen LogP contribution in [0.1, 0.15) is 5.56 Å². The van der Waals surface area contributed by atoms with Crippen molar-refractivity contribution in [3.8, 4) is 5.75 Å². The molecule has 0 saturated heterocycles. The van der Waals surface area contributed by atoms with E-state index in [0.717, 1.165) is 5.56 Å². The quantitative estimate of drug-likeness (QED) is 0.759. The van der Waals surface area contributed by atoms with Gasteiger partial charge in [-0.2, -0.15) is 0 Å². The van der Waals surface area contributed by atoms with Gasteiger partial charge in [0.2, 0.25) is 5.78 Å². The second kappa shape index (κ2) is 4.21. The van der Waals surface area contributed by atoms with Crippen LogP contribution in [0, 0.1) is 6.92 Å². The standard InChI is InChI=1S/C12H11N3O2/c1-7-6-8(16)2-3-9(7)14-11-5-4-10(17)12(13)15-11/h2-6,16H,1H3,(H2,13,14,15). The largest absolute Gasteiger partial charge is 0.508 e. The molecule has 1 aliphatic heterocycles. The third-order valence-electron chi connectivity index (χ3n) is 2.29. The Labute approximate surface area is 98.0 Å². The molecule has 86 valence electrons. The summed E-state index contributed by atoms with van der Waals surface area (Å²) in [6.45, 7) is 1.82. The monoisotopic (exact) mass is 229 g/mol. The first-order valence-corrected chi connectivity index (χ1v) is 5.01. The third kappa shape index (κ3) is 2.39. The van der Waals surface area contributed by atoms with Crippen LogP contribution in [0.3, 0.4) is 0 Å². The zero-order valence-electron chi connectivity index (χ0n) is 9.21. The van der Waals surface area contributed by atoms with Gasteiger partial charge in [-0.25, -0.2) is 9.98 Å². The van der Waals surface area contributed by atoms with Gasteiger partial charge in [-0.1, -0.05) is 0 Å². The SMILES string of the molecule is Cc1cc(O)ccc1/N=C1/C=CC(=O)C(N)=N1. The summed E-state index contributed by atoms with van der Waals surface area (Å²) < 4.78 is 0. The van der Waals surface area contributed by atoms with Crippen LogP contribution < -0.4 is 5.73 Å². The van der Waals surface area contributed by atoms with E-state index in [0.29, 0.717) is 11.5 Å². The van der Waals surface area contributed by atoms with E-state index in [-0.39, 0.29) is 17.4 Å². The fourth-order valence-electron chi connectivity index (χ4n) is 1.40. The number of aryl methyl sites for hydroxylation is 1. The first kappa shape index (κ1) is 11.1. The van der Waals surface area contributed by atoms with Gasteiger partial charge in [0, 0.05) is 0 Å². The van der Waals surface area contributed by atoms with Crippen molar-refractivity contribution >= 4 is 23.1 Å². The number of carbonyl (C=O) groups excluding carboxylic acids is 1. The normalized spacial score (nSPS) is 17.4. The molecule has 0 aliphatic carbocycles. The summed E-state index contributed by atoms with van der Waals surface area (Å²) >= 11 is 0. The maximum absolute atomic E-state index is 11.1. The fraction of sp³-hybridized carbons (Fsp3) is 0.0833. The fourth-order valence-corrected chi connectivity index (χ4v) is 1.40. The van der Waals surface area contributed by atoms with Crippen LogP contribution in [0.5, 0.6) is 5.75 Å². The zero-order valence-corrected chi connectivity index (χ0v) is 9.21. The summed E-state index contributed by atoms with van der Waals surface area (Å²) in [5.41, 5.74) is 6.90. The number of phenolic OH excluding ortho intramolecular Hbond substituents is 1. The van der Waals surface area contributed by atoms with E-state index in [9.17, 15) is 9.90 Å². The molecule has 0 unspecified atom stereocenters. The summed E-state index contributed by atoms with van der Waals surface area (Å²) in [7, 11) is 0. The van der Waals surface area contributed by atoms with Crippen molar-refractivity contribution in [1.29, 1.82) is 0 Å². The number of benzene rings is 1. The van der Waals surface area contributed by atoms with Gasteiger partial charge in [-0.15, -0.1) is 0 Å². The van der Waals surface area contributed by atoms with Crippen LogP contribution in [0.2, 0.25) is 0 Å². The summed E-state index contributed by atoms with van der Waals surface area (Å²) in [5, 5.41) is 9.27. The lowest BCUT2D eigenvalue weighted by molar-refractivity contribution is -0.109. The topological polar surface area (TPSA) is 88.0 Å². The number of nitrogens with zero attached hydrogens (tertiary/aromatic N) is 2.